The number of hydrogen-bond donors (Lipinski definition) is 2. The van der Waals surface area contributed by atoms with Gasteiger partial charge in [0.25, 0.3) is 0 Å². The fourth-order valence-corrected chi connectivity index (χ4v) is 2.08. The van der Waals surface area contributed by atoms with Crippen molar-refractivity contribution in [2.75, 3.05) is 0 Å². The molecule has 94 valence electrons. The summed E-state index contributed by atoms with van der Waals surface area (Å²) in [6, 6.07) is 15.1. The largest absolute Gasteiger partial charge is 0.508 e. The van der Waals surface area contributed by atoms with Gasteiger partial charge in [-0.3, -0.25) is 0 Å². The van der Waals surface area contributed by atoms with Gasteiger partial charge in [0.05, 0.1) is 0 Å². The Morgan fingerprint density at radius 2 is 1.72 bits per heavy atom. The van der Waals surface area contributed by atoms with Crippen molar-refractivity contribution in [2.24, 2.45) is 0 Å². The van der Waals surface area contributed by atoms with Crippen LogP contribution in [-0.4, -0.2) is 10.2 Å². The molecule has 2 nitrogen and oxygen atoms in total. The summed E-state index contributed by atoms with van der Waals surface area (Å²) in [5.74, 6) is 0.738. The van der Waals surface area contributed by atoms with Gasteiger partial charge in [0.1, 0.15) is 11.5 Å². The van der Waals surface area contributed by atoms with Crippen molar-refractivity contribution in [1.29, 1.82) is 0 Å². The number of phenolic OH excluding ortho intramolecular Hbond substituents is 2. The zero-order chi connectivity index (χ0) is 13.0. The minimum atomic E-state index is 0.104. The van der Waals surface area contributed by atoms with Gasteiger partial charge in [-0.25, -0.2) is 0 Å². The molecule has 0 spiro atoms. The molecule has 0 fully saturated rings. The van der Waals surface area contributed by atoms with Crippen LogP contribution in [0.3, 0.4) is 0 Å². The van der Waals surface area contributed by atoms with Crippen molar-refractivity contribution in [1.82, 2.24) is 0 Å². The predicted molar refractivity (Wildman–Crippen MR) is 72.9 cm³/mol. The molecule has 1 unspecified atom stereocenters. The molecule has 2 heteroatoms. The molecule has 0 saturated carbocycles. The van der Waals surface area contributed by atoms with Gasteiger partial charge in [-0.1, -0.05) is 43.3 Å². The molecule has 0 aliphatic heterocycles. The van der Waals surface area contributed by atoms with Crippen LogP contribution in [0.15, 0.2) is 48.5 Å². The molecule has 0 aliphatic rings. The van der Waals surface area contributed by atoms with Crippen LogP contribution in [0.5, 0.6) is 11.5 Å². The Labute approximate surface area is 108 Å². The first-order valence-corrected chi connectivity index (χ1v) is 6.22. The van der Waals surface area contributed by atoms with Crippen molar-refractivity contribution in [3.63, 3.8) is 0 Å². The summed E-state index contributed by atoms with van der Waals surface area (Å²) in [6.07, 6.45) is 1.78. The summed E-state index contributed by atoms with van der Waals surface area (Å²) < 4.78 is 0. The van der Waals surface area contributed by atoms with E-state index in [9.17, 15) is 10.2 Å². The number of hydrogen-bond acceptors (Lipinski definition) is 2. The first kappa shape index (κ1) is 12.5. The highest BCUT2D eigenvalue weighted by Crippen LogP contribution is 2.27. The lowest BCUT2D eigenvalue weighted by Crippen LogP contribution is -1.96. The molecular formula is C16H18O2. The lowest BCUT2D eigenvalue weighted by atomic mass is 9.94. The van der Waals surface area contributed by atoms with Gasteiger partial charge in [-0.2, -0.15) is 0 Å². The molecule has 0 aliphatic carbocycles. The highest BCUT2D eigenvalue weighted by atomic mass is 16.3. The van der Waals surface area contributed by atoms with Crippen LogP contribution in [0.25, 0.3) is 0 Å². The SMILES string of the molecule is CC(CCc1ccc(O)cc1O)c1ccccc1. The number of benzene rings is 2. The van der Waals surface area contributed by atoms with E-state index in [0.29, 0.717) is 5.92 Å². The summed E-state index contributed by atoms with van der Waals surface area (Å²) in [6.45, 7) is 2.19. The van der Waals surface area contributed by atoms with E-state index in [1.54, 1.807) is 12.1 Å². The van der Waals surface area contributed by atoms with E-state index >= 15 is 0 Å². The minimum absolute atomic E-state index is 0.104. The average Bonchev–Trinajstić information content (AvgIpc) is 2.38. The van der Waals surface area contributed by atoms with Gasteiger partial charge in [0, 0.05) is 6.07 Å². The third-order valence-corrected chi connectivity index (χ3v) is 3.28. The Bertz CT molecular complexity index is 506. The topological polar surface area (TPSA) is 40.5 Å². The van der Waals surface area contributed by atoms with Crippen molar-refractivity contribution in [3.05, 3.63) is 59.7 Å². The normalized spacial score (nSPS) is 12.3. The van der Waals surface area contributed by atoms with Crippen LogP contribution in [0.1, 0.15) is 30.4 Å². The van der Waals surface area contributed by atoms with E-state index < -0.39 is 0 Å². The predicted octanol–water partition coefficient (Wildman–Crippen LogP) is 3.83. The number of aromatic hydroxyl groups is 2. The van der Waals surface area contributed by atoms with Crippen LogP contribution >= 0.6 is 0 Å². The summed E-state index contributed by atoms with van der Waals surface area (Å²) in [7, 11) is 0. The highest BCUT2D eigenvalue weighted by Gasteiger charge is 2.08. The molecule has 0 bridgehead atoms. The maximum absolute atomic E-state index is 9.71. The van der Waals surface area contributed by atoms with Crippen molar-refractivity contribution < 1.29 is 10.2 Å². The smallest absolute Gasteiger partial charge is 0.122 e. The third-order valence-electron chi connectivity index (χ3n) is 3.28. The second-order valence-electron chi connectivity index (χ2n) is 4.66. The third kappa shape index (κ3) is 3.04. The fourth-order valence-electron chi connectivity index (χ4n) is 2.08. The first-order valence-electron chi connectivity index (χ1n) is 6.22. The molecule has 0 heterocycles. The van der Waals surface area contributed by atoms with Crippen molar-refractivity contribution >= 4 is 0 Å². The Hall–Kier alpha value is -1.96. The van der Waals surface area contributed by atoms with Crippen LogP contribution in [0, 0.1) is 0 Å². The van der Waals surface area contributed by atoms with Crippen LogP contribution in [-0.2, 0) is 6.42 Å². The summed E-state index contributed by atoms with van der Waals surface area (Å²) in [5, 5.41) is 18.9. The summed E-state index contributed by atoms with van der Waals surface area (Å²) >= 11 is 0. The van der Waals surface area contributed by atoms with Gasteiger partial charge in [0.15, 0.2) is 0 Å². The molecule has 2 aromatic rings. The molecule has 2 aromatic carbocycles. The van der Waals surface area contributed by atoms with E-state index in [1.165, 1.54) is 11.6 Å². The molecular weight excluding hydrogens is 224 g/mol. The zero-order valence-corrected chi connectivity index (χ0v) is 10.5. The van der Waals surface area contributed by atoms with Gasteiger partial charge in [-0.05, 0) is 36.0 Å². The second-order valence-corrected chi connectivity index (χ2v) is 4.66. The van der Waals surface area contributed by atoms with Crippen molar-refractivity contribution in [3.8, 4) is 11.5 Å². The summed E-state index contributed by atoms with van der Waals surface area (Å²) in [4.78, 5) is 0. The first-order chi connectivity index (χ1) is 8.66. The Kier molecular flexibility index (Phi) is 3.88. The lowest BCUT2D eigenvalue weighted by molar-refractivity contribution is 0.444. The minimum Gasteiger partial charge on any atom is -0.508 e. The van der Waals surface area contributed by atoms with Gasteiger partial charge in [0.2, 0.25) is 0 Å². The second kappa shape index (κ2) is 5.58. The molecule has 18 heavy (non-hydrogen) atoms. The molecule has 2 rings (SSSR count). The summed E-state index contributed by atoms with van der Waals surface area (Å²) in [5.41, 5.74) is 2.20. The van der Waals surface area contributed by atoms with Crippen LogP contribution < -0.4 is 0 Å². The Morgan fingerprint density at radius 3 is 2.39 bits per heavy atom. The Morgan fingerprint density at radius 1 is 1.00 bits per heavy atom. The Balaban J connectivity index is 1.99. The standard InChI is InChI=1S/C16H18O2/c1-12(13-5-3-2-4-6-13)7-8-14-9-10-15(17)11-16(14)18/h2-6,9-12,17-18H,7-8H2,1H3. The molecule has 0 amide bonds. The van der Waals surface area contributed by atoms with E-state index in [1.807, 2.05) is 18.2 Å². The number of rotatable bonds is 4. The van der Waals surface area contributed by atoms with Gasteiger partial charge in [-0.15, -0.1) is 0 Å². The fraction of sp³-hybridized carbons (Fsp3) is 0.250. The van der Waals surface area contributed by atoms with Crippen molar-refractivity contribution in [2.45, 2.75) is 25.7 Å². The number of aryl methyl sites for hydroxylation is 1. The van der Waals surface area contributed by atoms with E-state index in [4.69, 9.17) is 0 Å². The monoisotopic (exact) mass is 242 g/mol. The molecule has 0 saturated heterocycles. The van der Waals surface area contributed by atoms with E-state index in [2.05, 4.69) is 19.1 Å². The maximum atomic E-state index is 9.71. The lowest BCUT2D eigenvalue weighted by Gasteiger charge is -2.12. The molecule has 1 atom stereocenters. The van der Waals surface area contributed by atoms with E-state index in [-0.39, 0.29) is 11.5 Å². The average molecular weight is 242 g/mol. The maximum Gasteiger partial charge on any atom is 0.122 e. The highest BCUT2D eigenvalue weighted by molar-refractivity contribution is 5.39. The number of phenols is 2. The molecule has 0 aromatic heterocycles. The van der Waals surface area contributed by atoms with Crippen LogP contribution in [0.4, 0.5) is 0 Å². The van der Waals surface area contributed by atoms with E-state index in [0.717, 1.165) is 18.4 Å². The zero-order valence-electron chi connectivity index (χ0n) is 10.5. The van der Waals surface area contributed by atoms with Gasteiger partial charge >= 0.3 is 0 Å². The molecule has 0 radical (unpaired) electrons. The quantitative estimate of drug-likeness (QED) is 0.855. The molecule has 2 N–H and O–H groups in total. The van der Waals surface area contributed by atoms with Gasteiger partial charge < -0.3 is 10.2 Å². The van der Waals surface area contributed by atoms with Crippen LogP contribution in [0.2, 0.25) is 0 Å².